The highest BCUT2D eigenvalue weighted by Gasteiger charge is 2.34. The molecule has 212 valence electrons. The molecule has 9 heteroatoms. The fourth-order valence-electron chi connectivity index (χ4n) is 4.90. The van der Waals surface area contributed by atoms with Crippen LogP contribution in [0.5, 0.6) is 17.4 Å². The third-order valence-electron chi connectivity index (χ3n) is 7.26. The number of carbonyl (C=O) groups excluding carboxylic acids is 1. The number of amides is 1. The molecule has 0 saturated heterocycles. The summed E-state index contributed by atoms with van der Waals surface area (Å²) in [6.45, 7) is 5.56. The quantitative estimate of drug-likeness (QED) is 0.319. The van der Waals surface area contributed by atoms with Crippen molar-refractivity contribution in [2.75, 3.05) is 26.7 Å². The van der Waals surface area contributed by atoms with Crippen LogP contribution >= 0.6 is 0 Å². The number of rotatable bonds is 9. The maximum Gasteiger partial charge on any atom is 0.259 e. The fraction of sp³-hybridized carbons (Fsp3) is 0.312. The minimum absolute atomic E-state index is 0.00537. The van der Waals surface area contributed by atoms with E-state index in [1.165, 1.54) is 6.33 Å². The topological polar surface area (TPSA) is 101 Å². The van der Waals surface area contributed by atoms with Crippen molar-refractivity contribution in [3.8, 4) is 28.5 Å². The second kappa shape index (κ2) is 12.9. The van der Waals surface area contributed by atoms with Gasteiger partial charge in [0, 0.05) is 55.3 Å². The lowest BCUT2D eigenvalue weighted by Crippen LogP contribution is -2.49. The standard InChI is InChI=1S/C32H35N5O4/c1-22-17-37(23(2)20-38)32(39)29-13-25(26-14-33-21-34-15-26)16-35-31(29)41-30(22)19-36(3)18-24-9-11-28(12-10-24)40-27-7-5-4-6-8-27/h4-16,21-23,30,38H,17-20H2,1-3H3/t22-,23-,30+/m0/s1. The van der Waals surface area contributed by atoms with Crippen LogP contribution < -0.4 is 9.47 Å². The van der Waals surface area contributed by atoms with E-state index < -0.39 is 0 Å². The lowest BCUT2D eigenvalue weighted by molar-refractivity contribution is 0.0325. The number of hydrogen-bond acceptors (Lipinski definition) is 8. The Hall–Kier alpha value is -4.34. The van der Waals surface area contributed by atoms with Crippen LogP contribution in [0.1, 0.15) is 29.8 Å². The van der Waals surface area contributed by atoms with Gasteiger partial charge >= 0.3 is 0 Å². The normalized spacial score (nSPS) is 17.8. The molecule has 3 atom stereocenters. The van der Waals surface area contributed by atoms with E-state index in [9.17, 15) is 9.90 Å². The van der Waals surface area contributed by atoms with Gasteiger partial charge in [-0.15, -0.1) is 0 Å². The smallest absolute Gasteiger partial charge is 0.259 e. The molecule has 9 nitrogen and oxygen atoms in total. The molecule has 0 bridgehead atoms. The van der Waals surface area contributed by atoms with Crippen molar-refractivity contribution in [3.05, 3.63) is 96.7 Å². The zero-order valence-electron chi connectivity index (χ0n) is 23.6. The predicted octanol–water partition coefficient (Wildman–Crippen LogP) is 4.68. The molecular formula is C32H35N5O4. The van der Waals surface area contributed by atoms with E-state index in [0.717, 1.165) is 28.2 Å². The molecule has 2 aromatic carbocycles. The van der Waals surface area contributed by atoms with E-state index in [0.29, 0.717) is 25.2 Å². The molecule has 41 heavy (non-hydrogen) atoms. The number of pyridine rings is 1. The summed E-state index contributed by atoms with van der Waals surface area (Å²) in [7, 11) is 2.05. The van der Waals surface area contributed by atoms with Crippen LogP contribution in [0.15, 0.2) is 85.6 Å². The largest absolute Gasteiger partial charge is 0.472 e. The molecule has 2 aromatic heterocycles. The number of aliphatic hydroxyl groups is 1. The number of aromatic nitrogens is 3. The van der Waals surface area contributed by atoms with Gasteiger partial charge in [-0.2, -0.15) is 0 Å². The van der Waals surface area contributed by atoms with E-state index in [2.05, 4.69) is 46.0 Å². The van der Waals surface area contributed by atoms with Crippen molar-refractivity contribution in [1.82, 2.24) is 24.8 Å². The SMILES string of the molecule is C[C@H]1CN([C@@H](C)CO)C(=O)c2cc(-c3cncnc3)cnc2O[C@@H]1CN(C)Cc1ccc(Oc2ccccc2)cc1. The van der Waals surface area contributed by atoms with Gasteiger partial charge in [0.05, 0.1) is 12.6 Å². The van der Waals surface area contributed by atoms with Crippen molar-refractivity contribution < 1.29 is 19.4 Å². The summed E-state index contributed by atoms with van der Waals surface area (Å²) >= 11 is 0. The average Bonchev–Trinajstić information content (AvgIpc) is 3.00. The number of para-hydroxylation sites is 1. The number of nitrogens with zero attached hydrogens (tertiary/aromatic N) is 5. The fourth-order valence-corrected chi connectivity index (χ4v) is 4.90. The summed E-state index contributed by atoms with van der Waals surface area (Å²) in [5.74, 6) is 1.65. The second-order valence-corrected chi connectivity index (χ2v) is 10.6. The van der Waals surface area contributed by atoms with Gasteiger partial charge in [0.2, 0.25) is 5.88 Å². The molecule has 0 spiro atoms. The second-order valence-electron chi connectivity index (χ2n) is 10.6. The average molecular weight is 554 g/mol. The number of carbonyl (C=O) groups is 1. The van der Waals surface area contributed by atoms with Crippen LogP contribution in [0, 0.1) is 5.92 Å². The Morgan fingerprint density at radius 2 is 1.76 bits per heavy atom. The molecular weight excluding hydrogens is 518 g/mol. The summed E-state index contributed by atoms with van der Waals surface area (Å²) in [6, 6.07) is 19.2. The highest BCUT2D eigenvalue weighted by molar-refractivity contribution is 5.98. The Kier molecular flexibility index (Phi) is 8.86. The monoisotopic (exact) mass is 553 g/mol. The summed E-state index contributed by atoms with van der Waals surface area (Å²) in [5.41, 5.74) is 2.98. The molecule has 0 aliphatic carbocycles. The van der Waals surface area contributed by atoms with Crippen molar-refractivity contribution in [2.45, 2.75) is 32.5 Å². The van der Waals surface area contributed by atoms with Gasteiger partial charge in [-0.25, -0.2) is 15.0 Å². The highest BCUT2D eigenvalue weighted by atomic mass is 16.5. The van der Waals surface area contributed by atoms with Gasteiger partial charge in [-0.05, 0) is 49.9 Å². The Labute approximate surface area is 240 Å². The van der Waals surface area contributed by atoms with Gasteiger partial charge in [0.15, 0.2) is 0 Å². The van der Waals surface area contributed by atoms with E-state index in [1.54, 1.807) is 29.6 Å². The van der Waals surface area contributed by atoms with Crippen LogP contribution in [0.25, 0.3) is 11.1 Å². The van der Waals surface area contributed by atoms with Gasteiger partial charge in [-0.1, -0.05) is 37.3 Å². The summed E-state index contributed by atoms with van der Waals surface area (Å²) < 4.78 is 12.4. The van der Waals surface area contributed by atoms with E-state index in [-0.39, 0.29) is 36.5 Å². The Morgan fingerprint density at radius 3 is 2.46 bits per heavy atom. The Balaban J connectivity index is 1.33. The minimum atomic E-state index is -0.352. The molecule has 0 saturated carbocycles. The predicted molar refractivity (Wildman–Crippen MR) is 156 cm³/mol. The maximum absolute atomic E-state index is 13.7. The first kappa shape index (κ1) is 28.2. The molecule has 1 amide bonds. The number of benzene rings is 2. The molecule has 1 aliphatic heterocycles. The maximum atomic E-state index is 13.7. The van der Waals surface area contributed by atoms with Crippen molar-refractivity contribution >= 4 is 5.91 Å². The lowest BCUT2D eigenvalue weighted by Gasteiger charge is -2.37. The third kappa shape index (κ3) is 6.87. The zero-order valence-corrected chi connectivity index (χ0v) is 23.6. The molecule has 0 radical (unpaired) electrons. The van der Waals surface area contributed by atoms with Crippen LogP contribution in [-0.4, -0.2) is 74.7 Å². The molecule has 3 heterocycles. The van der Waals surface area contributed by atoms with Crippen LogP contribution in [0.4, 0.5) is 0 Å². The summed E-state index contributed by atoms with van der Waals surface area (Å²) in [6.07, 6.45) is 6.26. The number of ether oxygens (including phenoxy) is 2. The Morgan fingerprint density at radius 1 is 1.05 bits per heavy atom. The minimum Gasteiger partial charge on any atom is -0.472 e. The zero-order chi connectivity index (χ0) is 28.8. The number of aliphatic hydroxyl groups excluding tert-OH is 1. The van der Waals surface area contributed by atoms with Crippen molar-refractivity contribution in [2.24, 2.45) is 5.92 Å². The van der Waals surface area contributed by atoms with E-state index in [4.69, 9.17) is 9.47 Å². The van der Waals surface area contributed by atoms with Gasteiger partial charge < -0.3 is 19.5 Å². The van der Waals surface area contributed by atoms with Crippen molar-refractivity contribution in [1.29, 1.82) is 0 Å². The van der Waals surface area contributed by atoms with E-state index in [1.807, 2.05) is 49.4 Å². The van der Waals surface area contributed by atoms with Crippen LogP contribution in [0.3, 0.4) is 0 Å². The number of hydrogen-bond donors (Lipinski definition) is 1. The Bertz CT molecular complexity index is 1440. The highest BCUT2D eigenvalue weighted by Crippen LogP contribution is 2.30. The first-order chi connectivity index (χ1) is 19.9. The van der Waals surface area contributed by atoms with Gasteiger partial charge in [-0.3, -0.25) is 9.69 Å². The number of fused-ring (bicyclic) bond motifs is 1. The molecule has 1 aliphatic rings. The summed E-state index contributed by atoms with van der Waals surface area (Å²) in [4.78, 5) is 30.3. The number of likely N-dealkylation sites (N-methyl/N-ethyl adjacent to an activating group) is 1. The third-order valence-corrected chi connectivity index (χ3v) is 7.26. The summed E-state index contributed by atoms with van der Waals surface area (Å²) in [5, 5.41) is 9.94. The van der Waals surface area contributed by atoms with Crippen molar-refractivity contribution in [3.63, 3.8) is 0 Å². The molecule has 0 unspecified atom stereocenters. The lowest BCUT2D eigenvalue weighted by atomic mass is 9.99. The molecule has 5 rings (SSSR count). The molecule has 4 aromatic rings. The van der Waals surface area contributed by atoms with E-state index >= 15 is 0 Å². The van der Waals surface area contributed by atoms with Gasteiger partial charge in [0.25, 0.3) is 5.91 Å². The molecule has 1 N–H and O–H groups in total. The molecule has 0 fully saturated rings. The van der Waals surface area contributed by atoms with Crippen LogP contribution in [-0.2, 0) is 6.54 Å². The van der Waals surface area contributed by atoms with Gasteiger partial charge in [0.1, 0.15) is 29.5 Å². The first-order valence-corrected chi connectivity index (χ1v) is 13.8. The van der Waals surface area contributed by atoms with Crippen LogP contribution in [0.2, 0.25) is 0 Å². The first-order valence-electron chi connectivity index (χ1n) is 13.8.